The molecule has 5 nitrogen and oxygen atoms in total. The van der Waals surface area contributed by atoms with Crippen LogP contribution in [0.1, 0.15) is 51.0 Å². The summed E-state index contributed by atoms with van der Waals surface area (Å²) < 4.78 is 6.03. The van der Waals surface area contributed by atoms with Crippen LogP contribution in [0.2, 0.25) is 0 Å². The number of rotatable bonds is 6. The molecule has 0 saturated carbocycles. The lowest BCUT2D eigenvalue weighted by molar-refractivity contribution is -0.143. The van der Waals surface area contributed by atoms with Gasteiger partial charge in [0.1, 0.15) is 0 Å². The molecule has 2 aliphatic rings. The van der Waals surface area contributed by atoms with Gasteiger partial charge in [-0.25, -0.2) is 0 Å². The molecule has 0 spiro atoms. The molecule has 1 unspecified atom stereocenters. The van der Waals surface area contributed by atoms with Crippen molar-refractivity contribution in [2.24, 2.45) is 5.92 Å². The maximum absolute atomic E-state index is 12.9. The van der Waals surface area contributed by atoms with E-state index < -0.39 is 0 Å². The molecule has 1 aromatic rings. The van der Waals surface area contributed by atoms with E-state index in [0.29, 0.717) is 19.6 Å². The highest BCUT2D eigenvalue weighted by Crippen LogP contribution is 2.23. The van der Waals surface area contributed by atoms with Crippen LogP contribution in [0.3, 0.4) is 0 Å². The summed E-state index contributed by atoms with van der Waals surface area (Å²) >= 11 is 0. The quantitative estimate of drug-likeness (QED) is 0.770. The number of benzene rings is 1. The van der Waals surface area contributed by atoms with E-state index in [1.54, 1.807) is 0 Å². The molecule has 0 aromatic heterocycles. The Balaban J connectivity index is 1.43. The van der Waals surface area contributed by atoms with Crippen molar-refractivity contribution in [2.45, 2.75) is 58.2 Å². The summed E-state index contributed by atoms with van der Waals surface area (Å²) in [6.07, 6.45) is 5.30. The van der Waals surface area contributed by atoms with Crippen LogP contribution in [0.5, 0.6) is 0 Å². The van der Waals surface area contributed by atoms with Gasteiger partial charge >= 0.3 is 0 Å². The molecule has 2 heterocycles. The molecular weight excluding hydrogens is 340 g/mol. The molecule has 27 heavy (non-hydrogen) atoms. The average molecular weight is 373 g/mol. The minimum absolute atomic E-state index is 0.0265. The Bertz CT molecular complexity index is 611. The summed E-state index contributed by atoms with van der Waals surface area (Å²) in [5, 5.41) is 0. The lowest BCUT2D eigenvalue weighted by atomic mass is 9.95. The fourth-order valence-corrected chi connectivity index (χ4v) is 4.07. The molecule has 0 aliphatic carbocycles. The first-order chi connectivity index (χ1) is 13.2. The number of hydrogen-bond acceptors (Lipinski definition) is 3. The molecule has 2 saturated heterocycles. The van der Waals surface area contributed by atoms with Gasteiger partial charge in [-0.15, -0.1) is 0 Å². The SMILES string of the molecule is CCCC(=O)N1CCCC(C(=O)N2CCC(OCc3ccccc3)CC2)C1. The normalized spacial score (nSPS) is 21.3. The number of piperidine rings is 2. The zero-order chi connectivity index (χ0) is 19.1. The second-order valence-corrected chi connectivity index (χ2v) is 7.75. The van der Waals surface area contributed by atoms with Crippen molar-refractivity contribution in [2.75, 3.05) is 26.2 Å². The molecule has 0 radical (unpaired) electrons. The summed E-state index contributed by atoms with van der Waals surface area (Å²) in [5.74, 6) is 0.398. The standard InChI is InChI=1S/C22H32N2O3/c1-2-7-21(25)24-13-6-10-19(16-24)22(26)23-14-11-20(12-15-23)27-17-18-8-4-3-5-9-18/h3-5,8-9,19-20H,2,6-7,10-17H2,1H3. The molecular formula is C22H32N2O3. The number of ether oxygens (including phenoxy) is 1. The van der Waals surface area contributed by atoms with Crippen LogP contribution in [0, 0.1) is 5.92 Å². The zero-order valence-corrected chi connectivity index (χ0v) is 16.4. The molecule has 3 rings (SSSR count). The highest BCUT2D eigenvalue weighted by atomic mass is 16.5. The minimum atomic E-state index is -0.0265. The third-order valence-corrected chi connectivity index (χ3v) is 5.67. The zero-order valence-electron chi connectivity index (χ0n) is 16.4. The first kappa shape index (κ1) is 19.9. The van der Waals surface area contributed by atoms with E-state index in [1.807, 2.05) is 34.9 Å². The Kier molecular flexibility index (Phi) is 7.27. The Morgan fingerprint density at radius 2 is 1.78 bits per heavy atom. The van der Waals surface area contributed by atoms with Crippen molar-refractivity contribution < 1.29 is 14.3 Å². The summed E-state index contributed by atoms with van der Waals surface area (Å²) in [7, 11) is 0. The van der Waals surface area contributed by atoms with Crippen molar-refractivity contribution in [3.8, 4) is 0 Å². The van der Waals surface area contributed by atoms with Gasteiger partial charge in [-0.2, -0.15) is 0 Å². The molecule has 2 amide bonds. The van der Waals surface area contributed by atoms with Gasteiger partial charge in [0.25, 0.3) is 0 Å². The number of amides is 2. The first-order valence-corrected chi connectivity index (χ1v) is 10.4. The van der Waals surface area contributed by atoms with E-state index in [1.165, 1.54) is 5.56 Å². The van der Waals surface area contributed by atoms with E-state index in [-0.39, 0.29) is 23.8 Å². The highest BCUT2D eigenvalue weighted by Gasteiger charge is 2.32. The van der Waals surface area contributed by atoms with Crippen LogP contribution >= 0.6 is 0 Å². The van der Waals surface area contributed by atoms with Crippen LogP contribution in [0.15, 0.2) is 30.3 Å². The van der Waals surface area contributed by atoms with Crippen LogP contribution in [-0.2, 0) is 20.9 Å². The van der Waals surface area contributed by atoms with Crippen LogP contribution < -0.4 is 0 Å². The van der Waals surface area contributed by atoms with Crippen molar-refractivity contribution in [3.05, 3.63) is 35.9 Å². The average Bonchev–Trinajstić information content (AvgIpc) is 2.73. The Hall–Kier alpha value is -1.88. The first-order valence-electron chi connectivity index (χ1n) is 10.4. The molecule has 5 heteroatoms. The molecule has 0 N–H and O–H groups in total. The van der Waals surface area contributed by atoms with E-state index >= 15 is 0 Å². The lowest BCUT2D eigenvalue weighted by Gasteiger charge is -2.37. The van der Waals surface area contributed by atoms with Gasteiger partial charge in [-0.1, -0.05) is 37.3 Å². The van der Waals surface area contributed by atoms with Gasteiger partial charge in [-0.3, -0.25) is 9.59 Å². The number of nitrogens with zero attached hydrogens (tertiary/aromatic N) is 2. The van der Waals surface area contributed by atoms with Gasteiger partial charge in [0.05, 0.1) is 18.6 Å². The number of carbonyl (C=O) groups excluding carboxylic acids is 2. The van der Waals surface area contributed by atoms with Gasteiger partial charge in [0.15, 0.2) is 0 Å². The number of likely N-dealkylation sites (tertiary alicyclic amines) is 2. The highest BCUT2D eigenvalue weighted by molar-refractivity contribution is 5.81. The van der Waals surface area contributed by atoms with Gasteiger partial charge < -0.3 is 14.5 Å². The van der Waals surface area contributed by atoms with Gasteiger partial charge in [0.2, 0.25) is 11.8 Å². The second kappa shape index (κ2) is 9.88. The van der Waals surface area contributed by atoms with E-state index in [2.05, 4.69) is 12.1 Å². The summed E-state index contributed by atoms with van der Waals surface area (Å²) in [5.41, 5.74) is 1.19. The largest absolute Gasteiger partial charge is 0.373 e. The summed E-state index contributed by atoms with van der Waals surface area (Å²) in [6, 6.07) is 10.2. The fourth-order valence-electron chi connectivity index (χ4n) is 4.07. The van der Waals surface area contributed by atoms with Crippen LogP contribution in [0.4, 0.5) is 0 Å². The maximum Gasteiger partial charge on any atom is 0.227 e. The van der Waals surface area contributed by atoms with Gasteiger partial charge in [-0.05, 0) is 37.7 Å². The molecule has 2 aliphatic heterocycles. The minimum Gasteiger partial charge on any atom is -0.373 e. The van der Waals surface area contributed by atoms with Crippen molar-refractivity contribution >= 4 is 11.8 Å². The smallest absolute Gasteiger partial charge is 0.227 e. The predicted octanol–water partition coefficient (Wildman–Crippen LogP) is 3.23. The molecule has 2 fully saturated rings. The number of carbonyl (C=O) groups is 2. The van der Waals surface area contributed by atoms with E-state index in [4.69, 9.17) is 4.74 Å². The van der Waals surface area contributed by atoms with Crippen molar-refractivity contribution in [1.82, 2.24) is 9.80 Å². The molecule has 1 aromatic carbocycles. The molecule has 148 valence electrons. The van der Waals surface area contributed by atoms with E-state index in [9.17, 15) is 9.59 Å². The van der Waals surface area contributed by atoms with Crippen LogP contribution in [0.25, 0.3) is 0 Å². The van der Waals surface area contributed by atoms with Crippen molar-refractivity contribution in [3.63, 3.8) is 0 Å². The second-order valence-electron chi connectivity index (χ2n) is 7.75. The van der Waals surface area contributed by atoms with Gasteiger partial charge in [0, 0.05) is 32.6 Å². The maximum atomic E-state index is 12.9. The third-order valence-electron chi connectivity index (χ3n) is 5.67. The monoisotopic (exact) mass is 372 g/mol. The predicted molar refractivity (Wildman–Crippen MR) is 105 cm³/mol. The van der Waals surface area contributed by atoms with Crippen molar-refractivity contribution in [1.29, 1.82) is 0 Å². The fraction of sp³-hybridized carbons (Fsp3) is 0.636. The Labute approximate surface area is 162 Å². The third kappa shape index (κ3) is 5.55. The Morgan fingerprint density at radius 3 is 2.48 bits per heavy atom. The lowest BCUT2D eigenvalue weighted by Crippen LogP contribution is -2.49. The topological polar surface area (TPSA) is 49.9 Å². The summed E-state index contributed by atoms with van der Waals surface area (Å²) in [4.78, 5) is 29.0. The molecule has 0 bridgehead atoms. The van der Waals surface area contributed by atoms with E-state index in [0.717, 1.165) is 51.7 Å². The number of hydrogen-bond donors (Lipinski definition) is 0. The molecule has 1 atom stereocenters. The summed E-state index contributed by atoms with van der Waals surface area (Å²) in [6.45, 7) is 5.58. The van der Waals surface area contributed by atoms with Crippen LogP contribution in [-0.4, -0.2) is 53.9 Å². The Morgan fingerprint density at radius 1 is 1.04 bits per heavy atom.